The fourth-order valence-electron chi connectivity index (χ4n) is 2.25. The first kappa shape index (κ1) is 18.7. The highest BCUT2D eigenvalue weighted by Gasteiger charge is 2.48. The zero-order valence-electron chi connectivity index (χ0n) is 12.2. The molecule has 0 unspecified atom stereocenters. The Labute approximate surface area is 146 Å². The molecule has 0 amide bonds. The molecule has 0 spiro atoms. The van der Waals surface area contributed by atoms with Crippen molar-refractivity contribution in [3.63, 3.8) is 0 Å². The minimum absolute atomic E-state index is 0.0474. The van der Waals surface area contributed by atoms with E-state index in [0.29, 0.717) is 17.9 Å². The van der Waals surface area contributed by atoms with Gasteiger partial charge in [0.2, 0.25) is 6.10 Å². The molecule has 1 atom stereocenters. The Morgan fingerprint density at radius 3 is 2.67 bits per heavy atom. The number of rotatable bonds is 5. The highest BCUT2D eigenvalue weighted by molar-refractivity contribution is 6.31. The van der Waals surface area contributed by atoms with E-state index >= 15 is 0 Å². The lowest BCUT2D eigenvalue weighted by molar-refractivity contribution is -0.187. The van der Waals surface area contributed by atoms with E-state index in [1.807, 2.05) is 0 Å². The third kappa shape index (κ3) is 4.24. The molecule has 130 valence electrons. The number of unbranched alkanes of at least 4 members (excludes halogenated alkanes) is 1. The quantitative estimate of drug-likeness (QED) is 0.566. The van der Waals surface area contributed by atoms with Gasteiger partial charge in [0.25, 0.3) is 0 Å². The second kappa shape index (κ2) is 7.49. The Morgan fingerprint density at radius 1 is 1.38 bits per heavy atom. The van der Waals surface area contributed by atoms with Crippen molar-refractivity contribution >= 4 is 41.3 Å². The maximum atomic E-state index is 13.1. The van der Waals surface area contributed by atoms with Crippen LogP contribution in [0.15, 0.2) is 23.8 Å². The van der Waals surface area contributed by atoms with Crippen LogP contribution in [0.4, 0.5) is 13.2 Å². The molecule has 0 fully saturated rings. The van der Waals surface area contributed by atoms with Gasteiger partial charge in [-0.25, -0.2) is 4.79 Å². The summed E-state index contributed by atoms with van der Waals surface area (Å²) in [6.07, 6.45) is -1.73. The molecule has 0 bridgehead atoms. The van der Waals surface area contributed by atoms with Gasteiger partial charge in [0.1, 0.15) is 5.75 Å². The van der Waals surface area contributed by atoms with Crippen molar-refractivity contribution in [2.75, 3.05) is 5.88 Å². The van der Waals surface area contributed by atoms with E-state index in [1.165, 1.54) is 12.1 Å². The van der Waals surface area contributed by atoms with Gasteiger partial charge in [0.15, 0.2) is 0 Å². The molecule has 2 rings (SSSR count). The van der Waals surface area contributed by atoms with Crippen LogP contribution in [-0.2, 0) is 4.79 Å². The number of aliphatic carboxylic acids is 1. The predicted octanol–water partition coefficient (Wildman–Crippen LogP) is 5.16. The molecule has 3 nitrogen and oxygen atoms in total. The van der Waals surface area contributed by atoms with Crippen molar-refractivity contribution in [2.24, 2.45) is 0 Å². The number of fused-ring (bicyclic) bond motifs is 1. The number of halogens is 5. The molecule has 1 aromatic carbocycles. The molecule has 0 aliphatic carbocycles. The van der Waals surface area contributed by atoms with Gasteiger partial charge in [-0.3, -0.25) is 0 Å². The lowest BCUT2D eigenvalue weighted by Gasteiger charge is -2.28. The van der Waals surface area contributed by atoms with Gasteiger partial charge in [0.05, 0.1) is 5.57 Å². The van der Waals surface area contributed by atoms with E-state index in [-0.39, 0.29) is 16.3 Å². The van der Waals surface area contributed by atoms with Crippen molar-refractivity contribution in [3.8, 4) is 5.75 Å². The van der Waals surface area contributed by atoms with Crippen LogP contribution < -0.4 is 4.74 Å². The van der Waals surface area contributed by atoms with E-state index in [4.69, 9.17) is 33.0 Å². The second-order valence-corrected chi connectivity index (χ2v) is 5.91. The lowest BCUT2D eigenvalue weighted by Crippen LogP contribution is -2.40. The van der Waals surface area contributed by atoms with Crippen LogP contribution in [0.2, 0.25) is 5.02 Å². The lowest BCUT2D eigenvalue weighted by atomic mass is 9.98. The maximum Gasteiger partial charge on any atom is 0.430 e. The monoisotopic (exact) mass is 380 g/mol. The fourth-order valence-corrected chi connectivity index (χ4v) is 2.64. The van der Waals surface area contributed by atoms with E-state index in [2.05, 4.69) is 0 Å². The Bertz CT molecular complexity index is 697. The van der Waals surface area contributed by atoms with E-state index < -0.39 is 23.8 Å². The molecule has 1 aromatic rings. The number of carbonyl (C=O) groups is 1. The van der Waals surface area contributed by atoms with Crippen LogP contribution >= 0.6 is 23.2 Å². The third-order valence-corrected chi connectivity index (χ3v) is 3.77. The molecular formula is C16H13Cl2F3O3. The van der Waals surface area contributed by atoms with Crippen molar-refractivity contribution in [1.82, 2.24) is 0 Å². The molecule has 1 aliphatic heterocycles. The molecule has 0 saturated carbocycles. The molecule has 0 aromatic heterocycles. The van der Waals surface area contributed by atoms with Gasteiger partial charge >= 0.3 is 12.1 Å². The third-order valence-electron chi connectivity index (χ3n) is 3.29. The first-order valence-corrected chi connectivity index (χ1v) is 7.89. The van der Waals surface area contributed by atoms with Crippen LogP contribution in [-0.4, -0.2) is 29.2 Å². The molecular weight excluding hydrogens is 368 g/mol. The Kier molecular flexibility index (Phi) is 5.83. The van der Waals surface area contributed by atoms with E-state index in [0.717, 1.165) is 12.5 Å². The summed E-state index contributed by atoms with van der Waals surface area (Å²) in [4.78, 5) is 11.1. The summed E-state index contributed by atoms with van der Waals surface area (Å²) in [5.41, 5.74) is -0.339. The smallest absolute Gasteiger partial charge is 0.430 e. The van der Waals surface area contributed by atoms with Crippen LogP contribution in [0.5, 0.6) is 5.75 Å². The van der Waals surface area contributed by atoms with Gasteiger partial charge in [-0.2, -0.15) is 13.2 Å². The normalized spacial score (nSPS) is 17.4. The Hall–Kier alpha value is -1.66. The number of benzene rings is 1. The van der Waals surface area contributed by atoms with Crippen LogP contribution in [0.25, 0.3) is 12.2 Å². The molecule has 24 heavy (non-hydrogen) atoms. The number of allylic oxidation sites excluding steroid dienone is 1. The van der Waals surface area contributed by atoms with Crippen molar-refractivity contribution < 1.29 is 27.8 Å². The molecule has 8 heteroatoms. The van der Waals surface area contributed by atoms with Crippen molar-refractivity contribution in [3.05, 3.63) is 39.9 Å². The summed E-state index contributed by atoms with van der Waals surface area (Å²) in [5.74, 6) is -1.27. The average molecular weight is 381 g/mol. The van der Waals surface area contributed by atoms with Gasteiger partial charge in [0, 0.05) is 22.0 Å². The summed E-state index contributed by atoms with van der Waals surface area (Å²) in [7, 11) is 0. The maximum absolute atomic E-state index is 13.1. The van der Waals surface area contributed by atoms with Gasteiger partial charge < -0.3 is 9.84 Å². The molecule has 1 heterocycles. The predicted molar refractivity (Wildman–Crippen MR) is 86.5 cm³/mol. The fraction of sp³-hybridized carbons (Fsp3) is 0.312. The summed E-state index contributed by atoms with van der Waals surface area (Å²) in [5, 5.41) is 9.29. The number of hydrogen-bond acceptors (Lipinski definition) is 2. The number of alkyl halides is 4. The van der Waals surface area contributed by atoms with Gasteiger partial charge in [-0.15, -0.1) is 11.6 Å². The minimum atomic E-state index is -4.85. The van der Waals surface area contributed by atoms with E-state index in [1.54, 1.807) is 12.2 Å². The zero-order chi connectivity index (χ0) is 17.9. The van der Waals surface area contributed by atoms with E-state index in [9.17, 15) is 18.0 Å². The largest absolute Gasteiger partial charge is 0.478 e. The van der Waals surface area contributed by atoms with Crippen LogP contribution in [0.1, 0.15) is 24.0 Å². The van der Waals surface area contributed by atoms with Crippen molar-refractivity contribution in [1.29, 1.82) is 0 Å². The standard InChI is InChI=1S/C16H13Cl2F3O3/c17-5-3-1-2-4-9-6-11(18)7-10-8-12(15(22)23)14(16(19,20)21)24-13(9)10/h2,4,6-8,14H,1,3,5H2,(H,22,23)/t14-/m0/s1. The minimum Gasteiger partial charge on any atom is -0.478 e. The van der Waals surface area contributed by atoms with Crippen LogP contribution in [0, 0.1) is 0 Å². The molecule has 0 radical (unpaired) electrons. The van der Waals surface area contributed by atoms with Crippen molar-refractivity contribution in [2.45, 2.75) is 25.1 Å². The summed E-state index contributed by atoms with van der Waals surface area (Å²) in [6, 6.07) is 2.83. The highest BCUT2D eigenvalue weighted by Crippen LogP contribution is 2.40. The zero-order valence-corrected chi connectivity index (χ0v) is 13.8. The van der Waals surface area contributed by atoms with Crippen LogP contribution in [0.3, 0.4) is 0 Å². The first-order chi connectivity index (χ1) is 11.2. The average Bonchev–Trinajstić information content (AvgIpc) is 2.49. The number of carboxylic acid groups (broad SMARTS) is 1. The highest BCUT2D eigenvalue weighted by atomic mass is 35.5. The SMILES string of the molecule is O=C(O)C1=Cc2cc(Cl)cc(C=CCCCCl)c2O[C@@H]1C(F)(F)F. The first-order valence-electron chi connectivity index (χ1n) is 6.98. The van der Waals surface area contributed by atoms with Gasteiger partial charge in [-0.05, 0) is 31.1 Å². The summed E-state index contributed by atoms with van der Waals surface area (Å²) >= 11 is 11.5. The molecule has 1 N–H and O–H groups in total. The van der Waals surface area contributed by atoms with Gasteiger partial charge in [-0.1, -0.05) is 23.8 Å². The molecule has 0 saturated heterocycles. The summed E-state index contributed by atoms with van der Waals surface area (Å²) in [6.45, 7) is 0. The topological polar surface area (TPSA) is 46.5 Å². The second-order valence-electron chi connectivity index (χ2n) is 5.09. The summed E-state index contributed by atoms with van der Waals surface area (Å²) < 4.78 is 44.4. The Morgan fingerprint density at radius 2 is 2.08 bits per heavy atom. The Balaban J connectivity index is 2.49. The number of carboxylic acids is 1. The number of hydrogen-bond donors (Lipinski definition) is 1. The molecule has 1 aliphatic rings. The number of ether oxygens (including phenoxy) is 1.